The Bertz CT molecular complexity index is 457. The van der Waals surface area contributed by atoms with Crippen LogP contribution in [0.5, 0.6) is 5.75 Å². The molecule has 2 rings (SSSR count). The molecule has 0 amide bonds. The van der Waals surface area contributed by atoms with Crippen LogP contribution in [0, 0.1) is 15.5 Å². The molecule has 0 aromatic heterocycles. The van der Waals surface area contributed by atoms with Crippen molar-refractivity contribution in [2.75, 3.05) is 12.4 Å². The number of thiol groups is 1. The SMILES string of the molecule is O=[N+]([O-])c1cccc(Br)c1OCC1(CS)CCC1. The number of nitrogens with zero attached hydrogens (tertiary/aromatic N) is 1. The Kier molecular flexibility index (Phi) is 4.17. The highest BCUT2D eigenvalue weighted by atomic mass is 79.9. The molecule has 0 unspecified atom stereocenters. The number of nitro groups is 1. The summed E-state index contributed by atoms with van der Waals surface area (Å²) in [6.45, 7) is 0.486. The number of hydrogen-bond donors (Lipinski definition) is 1. The van der Waals surface area contributed by atoms with Gasteiger partial charge < -0.3 is 4.74 Å². The molecule has 0 saturated heterocycles. The third-order valence-corrected chi connectivity index (χ3v) is 4.71. The zero-order valence-electron chi connectivity index (χ0n) is 9.76. The molecule has 0 spiro atoms. The fraction of sp³-hybridized carbons (Fsp3) is 0.500. The van der Waals surface area contributed by atoms with Gasteiger partial charge in [0.25, 0.3) is 0 Å². The van der Waals surface area contributed by atoms with Gasteiger partial charge in [-0.25, -0.2) is 0 Å². The van der Waals surface area contributed by atoms with E-state index in [0.29, 0.717) is 16.8 Å². The van der Waals surface area contributed by atoms with Gasteiger partial charge in [0, 0.05) is 11.5 Å². The minimum absolute atomic E-state index is 0.00184. The van der Waals surface area contributed by atoms with Crippen molar-refractivity contribution < 1.29 is 9.66 Å². The monoisotopic (exact) mass is 331 g/mol. The van der Waals surface area contributed by atoms with Crippen LogP contribution in [0.2, 0.25) is 0 Å². The first kappa shape index (κ1) is 13.7. The van der Waals surface area contributed by atoms with Crippen LogP contribution in [0.1, 0.15) is 19.3 Å². The molecule has 0 atom stereocenters. The second kappa shape index (κ2) is 5.48. The Balaban J connectivity index is 2.15. The molecule has 0 aliphatic heterocycles. The third-order valence-electron chi connectivity index (χ3n) is 3.42. The van der Waals surface area contributed by atoms with Gasteiger partial charge in [-0.1, -0.05) is 12.5 Å². The van der Waals surface area contributed by atoms with Gasteiger partial charge >= 0.3 is 5.69 Å². The number of benzene rings is 1. The number of ether oxygens (including phenoxy) is 1. The van der Waals surface area contributed by atoms with Gasteiger partial charge in [0.2, 0.25) is 5.75 Å². The van der Waals surface area contributed by atoms with E-state index < -0.39 is 4.92 Å². The lowest BCUT2D eigenvalue weighted by Gasteiger charge is -2.40. The van der Waals surface area contributed by atoms with Crippen LogP contribution < -0.4 is 4.74 Å². The highest BCUT2D eigenvalue weighted by Crippen LogP contribution is 2.43. The van der Waals surface area contributed by atoms with E-state index in [2.05, 4.69) is 28.6 Å². The summed E-state index contributed by atoms with van der Waals surface area (Å²) in [5.74, 6) is 1.07. The van der Waals surface area contributed by atoms with Gasteiger partial charge in [0.15, 0.2) is 0 Å². The van der Waals surface area contributed by atoms with E-state index in [1.165, 1.54) is 12.5 Å². The lowest BCUT2D eigenvalue weighted by molar-refractivity contribution is -0.386. The van der Waals surface area contributed by atoms with E-state index in [9.17, 15) is 10.1 Å². The van der Waals surface area contributed by atoms with Gasteiger partial charge in [-0.05, 0) is 40.6 Å². The molecule has 1 aromatic carbocycles. The quantitative estimate of drug-likeness (QED) is 0.506. The molecule has 98 valence electrons. The summed E-state index contributed by atoms with van der Waals surface area (Å²) in [5, 5.41) is 10.9. The Morgan fingerprint density at radius 2 is 2.22 bits per heavy atom. The molecule has 4 nitrogen and oxygen atoms in total. The van der Waals surface area contributed by atoms with Crippen LogP contribution in [0.4, 0.5) is 5.69 Å². The van der Waals surface area contributed by atoms with Gasteiger partial charge in [-0.3, -0.25) is 10.1 Å². The smallest absolute Gasteiger partial charge is 0.312 e. The summed E-state index contributed by atoms with van der Waals surface area (Å²) in [7, 11) is 0. The second-order valence-electron chi connectivity index (χ2n) is 4.65. The van der Waals surface area contributed by atoms with E-state index >= 15 is 0 Å². The summed E-state index contributed by atoms with van der Waals surface area (Å²) in [6, 6.07) is 4.83. The van der Waals surface area contributed by atoms with E-state index in [0.717, 1.165) is 18.6 Å². The third kappa shape index (κ3) is 2.64. The standard InChI is InChI=1S/C12H14BrNO3S/c13-9-3-1-4-10(14(15)16)11(9)17-7-12(8-18)5-2-6-12/h1,3-4,18H,2,5-8H2. The fourth-order valence-corrected chi connectivity index (χ4v) is 2.91. The molecule has 1 saturated carbocycles. The maximum atomic E-state index is 10.9. The summed E-state index contributed by atoms with van der Waals surface area (Å²) < 4.78 is 6.31. The van der Waals surface area contributed by atoms with Crippen molar-refractivity contribution in [1.82, 2.24) is 0 Å². The Hall–Kier alpha value is -0.750. The lowest BCUT2D eigenvalue weighted by Crippen LogP contribution is -2.37. The molecule has 0 N–H and O–H groups in total. The van der Waals surface area contributed by atoms with Crippen LogP contribution in [-0.4, -0.2) is 17.3 Å². The average Bonchev–Trinajstić information content (AvgIpc) is 2.29. The van der Waals surface area contributed by atoms with Crippen LogP contribution in [0.15, 0.2) is 22.7 Å². The molecule has 6 heteroatoms. The molecule has 1 aliphatic rings. The van der Waals surface area contributed by atoms with E-state index in [1.54, 1.807) is 12.1 Å². The first-order chi connectivity index (χ1) is 8.58. The number of rotatable bonds is 5. The zero-order valence-corrected chi connectivity index (χ0v) is 12.2. The molecule has 0 bridgehead atoms. The predicted molar refractivity (Wildman–Crippen MR) is 76.4 cm³/mol. The number of hydrogen-bond acceptors (Lipinski definition) is 4. The molecule has 1 aromatic rings. The van der Waals surface area contributed by atoms with Crippen LogP contribution >= 0.6 is 28.6 Å². The van der Waals surface area contributed by atoms with Crippen molar-refractivity contribution in [3.05, 3.63) is 32.8 Å². The largest absolute Gasteiger partial charge is 0.485 e. The zero-order chi connectivity index (χ0) is 13.2. The molecule has 0 radical (unpaired) electrons. The Morgan fingerprint density at radius 1 is 1.50 bits per heavy atom. The molecular weight excluding hydrogens is 318 g/mol. The van der Waals surface area contributed by atoms with E-state index in [-0.39, 0.29) is 11.1 Å². The minimum Gasteiger partial charge on any atom is -0.485 e. The Labute approximate surface area is 119 Å². The van der Waals surface area contributed by atoms with Crippen LogP contribution in [0.25, 0.3) is 0 Å². The van der Waals surface area contributed by atoms with E-state index in [4.69, 9.17) is 4.74 Å². The first-order valence-electron chi connectivity index (χ1n) is 5.74. The molecule has 18 heavy (non-hydrogen) atoms. The maximum absolute atomic E-state index is 10.9. The topological polar surface area (TPSA) is 52.4 Å². The van der Waals surface area contributed by atoms with Crippen molar-refractivity contribution in [2.45, 2.75) is 19.3 Å². The predicted octanol–water partition coefficient (Wildman–Crippen LogP) is 3.84. The number of nitro benzene ring substituents is 1. The van der Waals surface area contributed by atoms with Gasteiger partial charge in [0.05, 0.1) is 16.0 Å². The van der Waals surface area contributed by atoms with Crippen LogP contribution in [-0.2, 0) is 0 Å². The van der Waals surface area contributed by atoms with Gasteiger partial charge in [0.1, 0.15) is 0 Å². The molecular formula is C12H14BrNO3S. The second-order valence-corrected chi connectivity index (χ2v) is 5.82. The van der Waals surface area contributed by atoms with Crippen molar-refractivity contribution in [2.24, 2.45) is 5.41 Å². The van der Waals surface area contributed by atoms with Gasteiger partial charge in [-0.15, -0.1) is 0 Å². The maximum Gasteiger partial charge on any atom is 0.312 e. The Morgan fingerprint density at radius 3 is 2.72 bits per heavy atom. The summed E-state index contributed by atoms with van der Waals surface area (Å²) in [5.41, 5.74) is 0.0877. The summed E-state index contributed by atoms with van der Waals surface area (Å²) >= 11 is 7.64. The molecule has 1 aliphatic carbocycles. The normalized spacial score (nSPS) is 17.0. The molecule has 1 fully saturated rings. The minimum atomic E-state index is -0.422. The van der Waals surface area contributed by atoms with Crippen molar-refractivity contribution in [3.8, 4) is 5.75 Å². The number of para-hydroxylation sites is 1. The van der Waals surface area contributed by atoms with Crippen molar-refractivity contribution in [1.29, 1.82) is 0 Å². The average molecular weight is 332 g/mol. The lowest BCUT2D eigenvalue weighted by atomic mass is 9.71. The van der Waals surface area contributed by atoms with Crippen LogP contribution in [0.3, 0.4) is 0 Å². The van der Waals surface area contributed by atoms with E-state index in [1.807, 2.05) is 0 Å². The highest BCUT2D eigenvalue weighted by molar-refractivity contribution is 9.10. The summed E-state index contributed by atoms with van der Waals surface area (Å²) in [4.78, 5) is 10.5. The molecule has 0 heterocycles. The highest BCUT2D eigenvalue weighted by Gasteiger charge is 2.37. The summed E-state index contributed by atoms with van der Waals surface area (Å²) in [6.07, 6.45) is 3.34. The fourth-order valence-electron chi connectivity index (χ4n) is 2.03. The first-order valence-corrected chi connectivity index (χ1v) is 7.17. The van der Waals surface area contributed by atoms with Crippen molar-refractivity contribution in [3.63, 3.8) is 0 Å². The number of halogens is 1. The van der Waals surface area contributed by atoms with Crippen molar-refractivity contribution >= 4 is 34.2 Å². The van der Waals surface area contributed by atoms with Gasteiger partial charge in [-0.2, -0.15) is 12.6 Å².